The minimum absolute atomic E-state index is 0.142. The van der Waals surface area contributed by atoms with E-state index in [2.05, 4.69) is 15.5 Å². The fourth-order valence-electron chi connectivity index (χ4n) is 3.38. The molecule has 31 heavy (non-hydrogen) atoms. The van der Waals surface area contributed by atoms with E-state index in [1.54, 1.807) is 23.7 Å². The third-order valence-corrected chi connectivity index (χ3v) is 5.79. The van der Waals surface area contributed by atoms with Crippen LogP contribution in [0, 0.1) is 6.92 Å². The van der Waals surface area contributed by atoms with Crippen molar-refractivity contribution >= 4 is 33.9 Å². The second kappa shape index (κ2) is 8.12. The number of benzene rings is 2. The van der Waals surface area contributed by atoms with E-state index in [0.29, 0.717) is 17.0 Å². The Morgan fingerprint density at radius 3 is 2.81 bits per heavy atom. The van der Waals surface area contributed by atoms with E-state index in [0.717, 1.165) is 32.8 Å². The standard InChI is InChI=1S/C24H18N4O2S/c1-15-5-6-22-19(11-15)20(28-30-22)13-23(29)26-18-4-2-3-17(12-18)21-14-31-24(27-21)16-7-9-25-10-8-16/h2-12,14H,13H2,1H3,(H,26,29). The molecule has 0 aliphatic heterocycles. The van der Waals surface area contributed by atoms with Crippen LogP contribution in [0.2, 0.25) is 0 Å². The first kappa shape index (κ1) is 19.1. The van der Waals surface area contributed by atoms with Crippen LogP contribution in [-0.2, 0) is 11.2 Å². The number of nitrogens with zero attached hydrogens (tertiary/aromatic N) is 3. The summed E-state index contributed by atoms with van der Waals surface area (Å²) in [5.74, 6) is -0.149. The largest absolute Gasteiger partial charge is 0.356 e. The molecule has 5 aromatic rings. The van der Waals surface area contributed by atoms with E-state index in [4.69, 9.17) is 9.51 Å². The number of carbonyl (C=O) groups excluding carboxylic acids is 1. The minimum Gasteiger partial charge on any atom is -0.356 e. The molecule has 0 unspecified atom stereocenters. The maximum absolute atomic E-state index is 12.6. The molecule has 0 saturated carbocycles. The second-order valence-corrected chi connectivity index (χ2v) is 8.07. The summed E-state index contributed by atoms with van der Waals surface area (Å²) in [5.41, 5.74) is 5.97. The molecule has 0 bridgehead atoms. The Morgan fingerprint density at radius 1 is 1.06 bits per heavy atom. The topological polar surface area (TPSA) is 80.9 Å². The van der Waals surface area contributed by atoms with Crippen LogP contribution in [0.25, 0.3) is 32.8 Å². The maximum atomic E-state index is 12.6. The number of hydrogen-bond acceptors (Lipinski definition) is 6. The average molecular weight is 427 g/mol. The van der Waals surface area contributed by atoms with Crippen molar-refractivity contribution in [3.8, 4) is 21.8 Å². The summed E-state index contributed by atoms with van der Waals surface area (Å²) in [7, 11) is 0. The Kier molecular flexibility index (Phi) is 5.01. The highest BCUT2D eigenvalue weighted by atomic mass is 32.1. The van der Waals surface area contributed by atoms with E-state index in [9.17, 15) is 4.79 Å². The van der Waals surface area contributed by atoms with Gasteiger partial charge in [-0.05, 0) is 43.3 Å². The first-order valence-electron chi connectivity index (χ1n) is 9.77. The van der Waals surface area contributed by atoms with Crippen LogP contribution in [0.15, 0.2) is 76.9 Å². The Labute approximate surface area is 182 Å². The molecule has 0 aliphatic carbocycles. The quantitative estimate of drug-likeness (QED) is 0.401. The lowest BCUT2D eigenvalue weighted by Crippen LogP contribution is -2.14. The van der Waals surface area contributed by atoms with E-state index in [1.165, 1.54) is 0 Å². The zero-order valence-corrected chi connectivity index (χ0v) is 17.5. The van der Waals surface area contributed by atoms with E-state index in [1.807, 2.05) is 66.9 Å². The summed E-state index contributed by atoms with van der Waals surface area (Å²) in [4.78, 5) is 21.4. The maximum Gasteiger partial charge on any atom is 0.230 e. The van der Waals surface area contributed by atoms with Gasteiger partial charge in [0.1, 0.15) is 10.7 Å². The molecule has 1 N–H and O–H groups in total. The first-order chi connectivity index (χ1) is 15.2. The third-order valence-electron chi connectivity index (χ3n) is 4.90. The molecule has 5 rings (SSSR count). The van der Waals surface area contributed by atoms with Crippen LogP contribution in [0.3, 0.4) is 0 Å². The van der Waals surface area contributed by atoms with Gasteiger partial charge in [0, 0.05) is 40.0 Å². The SMILES string of the molecule is Cc1ccc2onc(CC(=O)Nc3cccc(-c4csc(-c5ccncc5)n4)c3)c2c1. The van der Waals surface area contributed by atoms with Crippen molar-refractivity contribution in [2.75, 3.05) is 5.32 Å². The smallest absolute Gasteiger partial charge is 0.230 e. The summed E-state index contributed by atoms with van der Waals surface area (Å²) in [6.45, 7) is 2.00. The Bertz CT molecular complexity index is 1370. The van der Waals surface area contributed by atoms with E-state index in [-0.39, 0.29) is 12.3 Å². The van der Waals surface area contributed by atoms with Gasteiger partial charge in [-0.15, -0.1) is 11.3 Å². The van der Waals surface area contributed by atoms with Crippen LogP contribution in [0.5, 0.6) is 0 Å². The molecule has 3 aromatic heterocycles. The molecule has 152 valence electrons. The number of hydrogen-bond donors (Lipinski definition) is 1. The first-order valence-corrected chi connectivity index (χ1v) is 10.6. The number of nitrogens with one attached hydrogen (secondary N) is 1. The van der Waals surface area contributed by atoms with Crippen molar-refractivity contribution in [2.45, 2.75) is 13.3 Å². The van der Waals surface area contributed by atoms with Crippen LogP contribution in [0.1, 0.15) is 11.3 Å². The van der Waals surface area contributed by atoms with E-state index < -0.39 is 0 Å². The van der Waals surface area contributed by atoms with Crippen molar-refractivity contribution in [2.24, 2.45) is 0 Å². The molecule has 0 saturated heterocycles. The molecule has 6 nitrogen and oxygen atoms in total. The Morgan fingerprint density at radius 2 is 1.94 bits per heavy atom. The highest BCUT2D eigenvalue weighted by Gasteiger charge is 2.14. The van der Waals surface area contributed by atoms with Gasteiger partial charge in [0.2, 0.25) is 5.91 Å². The van der Waals surface area contributed by atoms with E-state index >= 15 is 0 Å². The monoisotopic (exact) mass is 426 g/mol. The van der Waals surface area contributed by atoms with Gasteiger partial charge in [-0.25, -0.2) is 4.98 Å². The number of fused-ring (bicyclic) bond motifs is 1. The summed E-state index contributed by atoms with van der Waals surface area (Å²) < 4.78 is 5.33. The zero-order chi connectivity index (χ0) is 21.2. The number of carbonyl (C=O) groups is 1. The summed E-state index contributed by atoms with van der Waals surface area (Å²) >= 11 is 1.58. The van der Waals surface area contributed by atoms with Crippen LogP contribution >= 0.6 is 11.3 Å². The molecule has 0 radical (unpaired) electrons. The van der Waals surface area contributed by atoms with Gasteiger partial charge >= 0.3 is 0 Å². The lowest BCUT2D eigenvalue weighted by atomic mass is 10.1. The van der Waals surface area contributed by atoms with Crippen molar-refractivity contribution in [1.82, 2.24) is 15.1 Å². The van der Waals surface area contributed by atoms with Crippen molar-refractivity contribution in [1.29, 1.82) is 0 Å². The minimum atomic E-state index is -0.149. The molecule has 0 spiro atoms. The van der Waals surface area contributed by atoms with Gasteiger partial charge < -0.3 is 9.84 Å². The Hall–Kier alpha value is -3.84. The number of rotatable bonds is 5. The summed E-state index contributed by atoms with van der Waals surface area (Å²) in [6, 6.07) is 17.4. The van der Waals surface area contributed by atoms with Gasteiger partial charge in [-0.1, -0.05) is 28.9 Å². The number of aryl methyl sites for hydroxylation is 1. The van der Waals surface area contributed by atoms with Gasteiger partial charge in [0.15, 0.2) is 5.58 Å². The molecule has 2 aromatic carbocycles. The fourth-order valence-corrected chi connectivity index (χ4v) is 4.21. The van der Waals surface area contributed by atoms with Gasteiger partial charge in [0.25, 0.3) is 0 Å². The predicted octanol–water partition coefficient (Wildman–Crippen LogP) is 5.50. The van der Waals surface area contributed by atoms with Crippen molar-refractivity contribution in [3.63, 3.8) is 0 Å². The average Bonchev–Trinajstić information content (AvgIpc) is 3.42. The molecular weight excluding hydrogens is 408 g/mol. The van der Waals surface area contributed by atoms with Gasteiger partial charge in [-0.3, -0.25) is 9.78 Å². The number of anilines is 1. The number of thiazole rings is 1. The molecule has 3 heterocycles. The molecule has 0 fully saturated rings. The third kappa shape index (κ3) is 4.08. The molecule has 1 amide bonds. The lowest BCUT2D eigenvalue weighted by Gasteiger charge is -2.06. The predicted molar refractivity (Wildman–Crippen MR) is 122 cm³/mol. The van der Waals surface area contributed by atoms with Crippen molar-refractivity contribution in [3.05, 3.63) is 83.6 Å². The number of amides is 1. The normalized spacial score (nSPS) is 11.0. The van der Waals surface area contributed by atoms with Gasteiger partial charge in [-0.2, -0.15) is 0 Å². The van der Waals surface area contributed by atoms with Crippen LogP contribution in [-0.4, -0.2) is 21.0 Å². The molecule has 7 heteroatoms. The molecule has 0 atom stereocenters. The molecule has 0 aliphatic rings. The highest BCUT2D eigenvalue weighted by Crippen LogP contribution is 2.29. The summed E-state index contributed by atoms with van der Waals surface area (Å²) in [6.07, 6.45) is 3.65. The highest BCUT2D eigenvalue weighted by molar-refractivity contribution is 7.13. The van der Waals surface area contributed by atoms with Gasteiger partial charge in [0.05, 0.1) is 12.1 Å². The Balaban J connectivity index is 1.33. The number of aromatic nitrogens is 3. The van der Waals surface area contributed by atoms with Crippen LogP contribution in [0.4, 0.5) is 5.69 Å². The summed E-state index contributed by atoms with van der Waals surface area (Å²) in [5, 5.41) is 10.8. The molecular formula is C24H18N4O2S. The van der Waals surface area contributed by atoms with Crippen LogP contribution < -0.4 is 5.32 Å². The second-order valence-electron chi connectivity index (χ2n) is 7.21. The number of pyridine rings is 1. The fraction of sp³-hybridized carbons (Fsp3) is 0.0833. The zero-order valence-electron chi connectivity index (χ0n) is 16.7. The lowest BCUT2D eigenvalue weighted by molar-refractivity contribution is -0.115. The van der Waals surface area contributed by atoms with Crippen molar-refractivity contribution < 1.29 is 9.32 Å².